The number of oxazole rings is 1. The summed E-state index contributed by atoms with van der Waals surface area (Å²) in [5.74, 6) is 0.349. The van der Waals surface area contributed by atoms with E-state index in [0.29, 0.717) is 12.6 Å². The number of hydrogen-bond donors (Lipinski definition) is 1. The van der Waals surface area contributed by atoms with Gasteiger partial charge in [0.05, 0.1) is 6.04 Å². The fraction of sp³-hybridized carbons (Fsp3) is 0.600. The molecular weight excluding hydrogens is 314 g/mol. The topological polar surface area (TPSA) is 58.4 Å². The number of benzene rings is 1. The Morgan fingerprint density at radius 2 is 2.08 bits per heavy atom. The maximum absolute atomic E-state index is 12.5. The van der Waals surface area contributed by atoms with Crippen LogP contribution in [0.15, 0.2) is 28.7 Å². The quantitative estimate of drug-likeness (QED) is 0.783. The van der Waals surface area contributed by atoms with Crippen LogP contribution in [-0.2, 0) is 4.79 Å². The zero-order valence-electron chi connectivity index (χ0n) is 15.3. The normalized spacial score (nSPS) is 17.6. The first kappa shape index (κ1) is 17.8. The van der Waals surface area contributed by atoms with E-state index in [1.165, 1.54) is 0 Å². The molecule has 2 heterocycles. The lowest BCUT2D eigenvalue weighted by Crippen LogP contribution is -2.42. The van der Waals surface area contributed by atoms with Crippen molar-refractivity contribution in [3.05, 3.63) is 24.3 Å². The van der Waals surface area contributed by atoms with Crippen LogP contribution in [0.4, 0.5) is 6.01 Å². The number of carbonyl (C=O) groups is 1. The summed E-state index contributed by atoms with van der Waals surface area (Å²) in [6.07, 6.45) is 6.21. The first-order valence-electron chi connectivity index (χ1n) is 9.62. The molecule has 0 saturated carbocycles. The van der Waals surface area contributed by atoms with E-state index in [2.05, 4.69) is 29.0 Å². The van der Waals surface area contributed by atoms with Crippen molar-refractivity contribution >= 4 is 23.0 Å². The number of amides is 1. The van der Waals surface area contributed by atoms with Gasteiger partial charge in [-0.05, 0) is 37.8 Å². The van der Waals surface area contributed by atoms with E-state index in [9.17, 15) is 4.79 Å². The average molecular weight is 343 g/mol. The van der Waals surface area contributed by atoms with Crippen LogP contribution in [0.3, 0.4) is 0 Å². The van der Waals surface area contributed by atoms with Crippen LogP contribution in [0.25, 0.3) is 11.1 Å². The molecule has 1 atom stereocenters. The maximum Gasteiger partial charge on any atom is 0.298 e. The van der Waals surface area contributed by atoms with Crippen LogP contribution in [0.2, 0.25) is 0 Å². The predicted octanol–water partition coefficient (Wildman–Crippen LogP) is 4.13. The number of hydrogen-bond acceptors (Lipinski definition) is 4. The van der Waals surface area contributed by atoms with Crippen molar-refractivity contribution in [2.75, 3.05) is 18.0 Å². The third kappa shape index (κ3) is 4.14. The van der Waals surface area contributed by atoms with Gasteiger partial charge in [0.15, 0.2) is 5.58 Å². The lowest BCUT2D eigenvalue weighted by Gasteiger charge is -2.24. The molecular formula is C20H29N3O2. The van der Waals surface area contributed by atoms with Crippen molar-refractivity contribution in [3.63, 3.8) is 0 Å². The highest BCUT2D eigenvalue weighted by molar-refractivity contribution is 5.78. The van der Waals surface area contributed by atoms with E-state index < -0.39 is 0 Å². The lowest BCUT2D eigenvalue weighted by atomic mass is 9.97. The molecule has 1 aromatic heterocycles. The molecule has 136 valence electrons. The third-order valence-corrected chi connectivity index (χ3v) is 5.06. The van der Waals surface area contributed by atoms with E-state index in [1.54, 1.807) is 0 Å². The summed E-state index contributed by atoms with van der Waals surface area (Å²) >= 11 is 0. The number of fused-ring (bicyclic) bond motifs is 1. The average Bonchev–Trinajstić information content (AvgIpc) is 3.25. The molecule has 25 heavy (non-hydrogen) atoms. The first-order valence-corrected chi connectivity index (χ1v) is 9.62. The minimum atomic E-state index is 0.147. The highest BCUT2D eigenvalue weighted by Crippen LogP contribution is 2.28. The van der Waals surface area contributed by atoms with Gasteiger partial charge in [-0.15, -0.1) is 0 Å². The number of nitrogens with zero attached hydrogens (tertiary/aromatic N) is 2. The molecule has 2 aromatic rings. The zero-order valence-corrected chi connectivity index (χ0v) is 15.3. The van der Waals surface area contributed by atoms with E-state index >= 15 is 0 Å². The Labute approximate surface area is 149 Å². The fourth-order valence-corrected chi connectivity index (χ4v) is 3.75. The molecule has 1 aliphatic heterocycles. The number of nitrogens with one attached hydrogen (secondary N) is 1. The first-order chi connectivity index (χ1) is 12.2. The summed E-state index contributed by atoms with van der Waals surface area (Å²) < 4.78 is 5.92. The Bertz CT molecular complexity index is 658. The second-order valence-electron chi connectivity index (χ2n) is 6.97. The predicted molar refractivity (Wildman–Crippen MR) is 101 cm³/mol. The molecule has 0 radical (unpaired) electrons. The summed E-state index contributed by atoms with van der Waals surface area (Å²) in [4.78, 5) is 19.3. The molecule has 1 aliphatic rings. The molecule has 0 bridgehead atoms. The van der Waals surface area contributed by atoms with Gasteiger partial charge in [0.1, 0.15) is 5.52 Å². The van der Waals surface area contributed by atoms with Gasteiger partial charge in [-0.25, -0.2) is 0 Å². The number of para-hydroxylation sites is 2. The summed E-state index contributed by atoms with van der Waals surface area (Å²) in [6, 6.07) is 8.78. The molecule has 0 aliphatic carbocycles. The van der Waals surface area contributed by atoms with Gasteiger partial charge in [-0.1, -0.05) is 38.8 Å². The monoisotopic (exact) mass is 343 g/mol. The standard InChI is InChI=1S/C20H29N3O2/c1-3-8-15(9-4-2)19(24)21-14-16-10-7-13-23(16)20-22-17-11-5-6-12-18(17)25-20/h5-6,11-12,15-16H,3-4,7-10,13-14H2,1-2H3,(H,21,24). The van der Waals surface area contributed by atoms with Crippen LogP contribution in [-0.4, -0.2) is 30.0 Å². The van der Waals surface area contributed by atoms with Gasteiger partial charge in [-0.3, -0.25) is 4.79 Å². The number of aromatic nitrogens is 1. The van der Waals surface area contributed by atoms with Gasteiger partial charge >= 0.3 is 0 Å². The second kappa shape index (κ2) is 8.37. The van der Waals surface area contributed by atoms with Crippen molar-refractivity contribution in [3.8, 4) is 0 Å². The summed E-state index contributed by atoms with van der Waals surface area (Å²) in [6.45, 7) is 5.88. The molecule has 1 fully saturated rings. The van der Waals surface area contributed by atoms with Crippen molar-refractivity contribution in [1.82, 2.24) is 10.3 Å². The van der Waals surface area contributed by atoms with Crippen LogP contribution >= 0.6 is 0 Å². The molecule has 1 unspecified atom stereocenters. The Morgan fingerprint density at radius 1 is 1.32 bits per heavy atom. The largest absolute Gasteiger partial charge is 0.423 e. The van der Waals surface area contributed by atoms with Crippen LogP contribution in [0, 0.1) is 5.92 Å². The minimum absolute atomic E-state index is 0.147. The lowest BCUT2D eigenvalue weighted by molar-refractivity contribution is -0.125. The Balaban J connectivity index is 1.62. The highest BCUT2D eigenvalue weighted by Gasteiger charge is 2.29. The van der Waals surface area contributed by atoms with Gasteiger partial charge in [0, 0.05) is 19.0 Å². The fourth-order valence-electron chi connectivity index (χ4n) is 3.75. The van der Waals surface area contributed by atoms with Crippen molar-refractivity contribution in [2.45, 2.75) is 58.4 Å². The molecule has 1 N–H and O–H groups in total. The van der Waals surface area contributed by atoms with E-state index in [-0.39, 0.29) is 17.9 Å². The van der Waals surface area contributed by atoms with Gasteiger partial charge in [0.25, 0.3) is 6.01 Å². The van der Waals surface area contributed by atoms with Crippen LogP contribution in [0.1, 0.15) is 52.4 Å². The number of rotatable bonds is 8. The third-order valence-electron chi connectivity index (χ3n) is 5.06. The molecule has 1 amide bonds. The van der Waals surface area contributed by atoms with Crippen molar-refractivity contribution < 1.29 is 9.21 Å². The maximum atomic E-state index is 12.5. The molecule has 1 aromatic carbocycles. The Morgan fingerprint density at radius 3 is 2.80 bits per heavy atom. The van der Waals surface area contributed by atoms with E-state index in [1.807, 2.05) is 24.3 Å². The van der Waals surface area contributed by atoms with Crippen molar-refractivity contribution in [2.24, 2.45) is 5.92 Å². The van der Waals surface area contributed by atoms with Gasteiger partial charge in [-0.2, -0.15) is 4.98 Å². The molecule has 0 spiro atoms. The van der Waals surface area contributed by atoms with Gasteiger partial charge < -0.3 is 14.6 Å². The molecule has 1 saturated heterocycles. The summed E-state index contributed by atoms with van der Waals surface area (Å²) in [5, 5.41) is 3.18. The minimum Gasteiger partial charge on any atom is -0.423 e. The molecule has 3 rings (SSSR count). The molecule has 5 heteroatoms. The SMILES string of the molecule is CCCC(CCC)C(=O)NCC1CCCN1c1nc2ccccc2o1. The summed E-state index contributed by atoms with van der Waals surface area (Å²) in [5.41, 5.74) is 1.70. The Kier molecular flexibility index (Phi) is 5.95. The Hall–Kier alpha value is -2.04. The molecule has 5 nitrogen and oxygen atoms in total. The number of carbonyl (C=O) groups excluding carboxylic acids is 1. The van der Waals surface area contributed by atoms with E-state index in [4.69, 9.17) is 4.42 Å². The van der Waals surface area contributed by atoms with Gasteiger partial charge in [0.2, 0.25) is 5.91 Å². The zero-order chi connectivity index (χ0) is 17.6. The highest BCUT2D eigenvalue weighted by atomic mass is 16.4. The van der Waals surface area contributed by atoms with E-state index in [0.717, 1.165) is 56.2 Å². The van der Waals surface area contributed by atoms with Crippen molar-refractivity contribution in [1.29, 1.82) is 0 Å². The van der Waals surface area contributed by atoms with Crippen LogP contribution in [0.5, 0.6) is 0 Å². The number of anilines is 1. The van der Waals surface area contributed by atoms with Crippen LogP contribution < -0.4 is 10.2 Å². The smallest absolute Gasteiger partial charge is 0.298 e. The summed E-state index contributed by atoms with van der Waals surface area (Å²) in [7, 11) is 0. The second-order valence-corrected chi connectivity index (χ2v) is 6.97.